The Morgan fingerprint density at radius 1 is 1.55 bits per heavy atom. The molecule has 0 bridgehead atoms. The van der Waals surface area contributed by atoms with Gasteiger partial charge in [0.1, 0.15) is 13.2 Å². The van der Waals surface area contributed by atoms with Crippen LogP contribution in [0.3, 0.4) is 0 Å². The van der Waals surface area contributed by atoms with Crippen LogP contribution < -0.4 is 5.90 Å². The molecule has 11 heavy (non-hydrogen) atoms. The van der Waals surface area contributed by atoms with E-state index in [1.807, 2.05) is 0 Å². The number of aromatic nitrogens is 2. The van der Waals surface area contributed by atoms with Crippen molar-refractivity contribution in [1.82, 2.24) is 10.1 Å². The minimum atomic E-state index is 0.122. The van der Waals surface area contributed by atoms with Crippen LogP contribution >= 0.6 is 0 Å². The van der Waals surface area contributed by atoms with Crippen molar-refractivity contribution in [2.75, 3.05) is 7.11 Å². The third-order valence-corrected chi connectivity index (χ3v) is 0.990. The molecule has 0 aromatic carbocycles. The van der Waals surface area contributed by atoms with Gasteiger partial charge in [-0.2, -0.15) is 4.98 Å². The molecule has 1 heterocycles. The first-order valence-corrected chi connectivity index (χ1v) is 2.99. The molecular weight excluding hydrogens is 150 g/mol. The molecule has 0 amide bonds. The van der Waals surface area contributed by atoms with Crippen LogP contribution in [-0.4, -0.2) is 17.3 Å². The van der Waals surface area contributed by atoms with E-state index in [0.29, 0.717) is 18.3 Å². The number of nitrogens with zero attached hydrogens (tertiary/aromatic N) is 2. The smallest absolute Gasteiger partial charge is 0.254 e. The van der Waals surface area contributed by atoms with Gasteiger partial charge < -0.3 is 9.26 Å². The average molecular weight is 159 g/mol. The third kappa shape index (κ3) is 2.26. The molecular formula is C5H9N3O3. The molecule has 0 fully saturated rings. The molecule has 0 aliphatic heterocycles. The van der Waals surface area contributed by atoms with E-state index >= 15 is 0 Å². The Balaban J connectivity index is 2.51. The average Bonchev–Trinajstić information content (AvgIpc) is 2.38. The summed E-state index contributed by atoms with van der Waals surface area (Å²) in [6, 6.07) is 0. The Labute approximate surface area is 63.2 Å². The quantitative estimate of drug-likeness (QED) is 0.602. The fourth-order valence-corrected chi connectivity index (χ4v) is 0.608. The zero-order valence-corrected chi connectivity index (χ0v) is 6.11. The number of rotatable bonds is 4. The standard InChI is InChI=1S/C5H9N3O3/c1-9-2-4-7-5(3-10-6)11-8-4/h2-3,6H2,1H3. The van der Waals surface area contributed by atoms with Gasteiger partial charge in [-0.1, -0.05) is 5.16 Å². The fourth-order valence-electron chi connectivity index (χ4n) is 0.608. The van der Waals surface area contributed by atoms with Crippen LogP contribution in [0.1, 0.15) is 11.7 Å². The maximum atomic E-state index is 4.78. The number of methoxy groups -OCH3 is 1. The molecule has 6 nitrogen and oxygen atoms in total. The van der Waals surface area contributed by atoms with Gasteiger partial charge in [-0.15, -0.1) is 0 Å². The molecule has 0 spiro atoms. The summed E-state index contributed by atoms with van der Waals surface area (Å²) < 4.78 is 9.47. The topological polar surface area (TPSA) is 83.4 Å². The van der Waals surface area contributed by atoms with Crippen LogP contribution in [-0.2, 0) is 22.8 Å². The normalized spacial score (nSPS) is 10.4. The van der Waals surface area contributed by atoms with Gasteiger partial charge in [-0.3, -0.25) is 4.84 Å². The summed E-state index contributed by atoms with van der Waals surface area (Å²) in [5.74, 6) is 5.62. The molecule has 6 heteroatoms. The highest BCUT2D eigenvalue weighted by Gasteiger charge is 2.04. The third-order valence-electron chi connectivity index (χ3n) is 0.990. The van der Waals surface area contributed by atoms with Crippen LogP contribution in [0.4, 0.5) is 0 Å². The van der Waals surface area contributed by atoms with E-state index in [1.54, 1.807) is 7.11 Å². The SMILES string of the molecule is COCc1noc(CON)n1. The Bertz CT molecular complexity index is 192. The lowest BCUT2D eigenvalue weighted by molar-refractivity contribution is 0.0995. The molecule has 0 unspecified atom stereocenters. The summed E-state index contributed by atoms with van der Waals surface area (Å²) in [4.78, 5) is 8.16. The zero-order chi connectivity index (χ0) is 8.10. The van der Waals surface area contributed by atoms with Gasteiger partial charge in [0.05, 0.1) is 0 Å². The molecule has 0 atom stereocenters. The molecule has 1 aromatic heterocycles. The summed E-state index contributed by atoms with van der Waals surface area (Å²) in [6.45, 7) is 0.449. The van der Waals surface area contributed by atoms with Gasteiger partial charge in [-0.25, -0.2) is 5.90 Å². The van der Waals surface area contributed by atoms with Crippen LogP contribution in [0, 0.1) is 0 Å². The molecule has 1 aromatic rings. The highest BCUT2D eigenvalue weighted by molar-refractivity contribution is 4.82. The summed E-state index contributed by atoms with van der Waals surface area (Å²) in [5, 5.41) is 3.58. The summed E-state index contributed by atoms with van der Waals surface area (Å²) in [7, 11) is 1.55. The summed E-state index contributed by atoms with van der Waals surface area (Å²) in [5.41, 5.74) is 0. The largest absolute Gasteiger partial charge is 0.377 e. The first kappa shape index (κ1) is 8.12. The van der Waals surface area contributed by atoms with Crippen molar-refractivity contribution in [1.29, 1.82) is 0 Å². The van der Waals surface area contributed by atoms with Crippen molar-refractivity contribution < 1.29 is 14.1 Å². The van der Waals surface area contributed by atoms with E-state index in [-0.39, 0.29) is 6.61 Å². The molecule has 1 rings (SSSR count). The fraction of sp³-hybridized carbons (Fsp3) is 0.600. The minimum absolute atomic E-state index is 0.122. The van der Waals surface area contributed by atoms with E-state index in [0.717, 1.165) is 0 Å². The van der Waals surface area contributed by atoms with E-state index in [1.165, 1.54) is 0 Å². The first-order valence-electron chi connectivity index (χ1n) is 2.99. The van der Waals surface area contributed by atoms with Crippen molar-refractivity contribution in [3.8, 4) is 0 Å². The predicted molar refractivity (Wildman–Crippen MR) is 34.0 cm³/mol. The number of hydrogen-bond donors (Lipinski definition) is 1. The number of hydrogen-bond acceptors (Lipinski definition) is 6. The molecule has 0 saturated heterocycles. The second-order valence-electron chi connectivity index (χ2n) is 1.85. The van der Waals surface area contributed by atoms with Gasteiger partial charge in [0.25, 0.3) is 5.89 Å². The highest BCUT2D eigenvalue weighted by atomic mass is 16.6. The Hall–Kier alpha value is -0.980. The van der Waals surface area contributed by atoms with Crippen molar-refractivity contribution in [2.45, 2.75) is 13.2 Å². The lowest BCUT2D eigenvalue weighted by Crippen LogP contribution is -1.99. The van der Waals surface area contributed by atoms with Crippen LogP contribution in [0.2, 0.25) is 0 Å². The Morgan fingerprint density at radius 2 is 2.36 bits per heavy atom. The van der Waals surface area contributed by atoms with Crippen molar-refractivity contribution in [2.24, 2.45) is 5.90 Å². The molecule has 0 radical (unpaired) electrons. The Kier molecular flexibility index (Phi) is 2.96. The minimum Gasteiger partial charge on any atom is -0.377 e. The lowest BCUT2D eigenvalue weighted by Gasteiger charge is -1.87. The summed E-state index contributed by atoms with van der Waals surface area (Å²) in [6.07, 6.45) is 0. The first-order chi connectivity index (χ1) is 5.36. The second kappa shape index (κ2) is 4.02. The molecule has 62 valence electrons. The van der Waals surface area contributed by atoms with Crippen LogP contribution in [0.15, 0.2) is 4.52 Å². The zero-order valence-electron chi connectivity index (χ0n) is 6.11. The second-order valence-corrected chi connectivity index (χ2v) is 1.85. The van der Waals surface area contributed by atoms with Gasteiger partial charge >= 0.3 is 0 Å². The van der Waals surface area contributed by atoms with Gasteiger partial charge in [0.2, 0.25) is 0 Å². The van der Waals surface area contributed by atoms with Gasteiger partial charge in [-0.05, 0) is 0 Å². The maximum absolute atomic E-state index is 4.78. The molecule has 0 saturated carbocycles. The molecule has 2 N–H and O–H groups in total. The number of nitrogens with two attached hydrogens (primary N) is 1. The Morgan fingerprint density at radius 3 is 3.00 bits per heavy atom. The van der Waals surface area contributed by atoms with E-state index in [9.17, 15) is 0 Å². The van der Waals surface area contributed by atoms with Crippen molar-refractivity contribution in [3.63, 3.8) is 0 Å². The van der Waals surface area contributed by atoms with E-state index in [2.05, 4.69) is 15.0 Å². The monoisotopic (exact) mass is 159 g/mol. The predicted octanol–water partition coefficient (Wildman–Crippen LogP) is -0.394. The van der Waals surface area contributed by atoms with E-state index in [4.69, 9.17) is 15.2 Å². The van der Waals surface area contributed by atoms with Gasteiger partial charge in [0.15, 0.2) is 5.82 Å². The van der Waals surface area contributed by atoms with Crippen molar-refractivity contribution >= 4 is 0 Å². The number of ether oxygens (including phenoxy) is 1. The molecule has 0 aliphatic rings. The van der Waals surface area contributed by atoms with Gasteiger partial charge in [0, 0.05) is 7.11 Å². The molecule has 0 aliphatic carbocycles. The lowest BCUT2D eigenvalue weighted by atomic mass is 10.6. The summed E-state index contributed by atoms with van der Waals surface area (Å²) >= 11 is 0. The van der Waals surface area contributed by atoms with Crippen LogP contribution in [0.25, 0.3) is 0 Å². The highest BCUT2D eigenvalue weighted by Crippen LogP contribution is 1.98. The maximum Gasteiger partial charge on any atom is 0.254 e. The van der Waals surface area contributed by atoms with E-state index < -0.39 is 0 Å². The van der Waals surface area contributed by atoms with Crippen molar-refractivity contribution in [3.05, 3.63) is 11.7 Å². The van der Waals surface area contributed by atoms with Crippen LogP contribution in [0.5, 0.6) is 0 Å².